The van der Waals surface area contributed by atoms with Crippen molar-refractivity contribution >= 4 is 15.9 Å². The Labute approximate surface area is 123 Å². The molecule has 0 fully saturated rings. The zero-order valence-corrected chi connectivity index (χ0v) is 12.7. The highest BCUT2D eigenvalue weighted by Gasteiger charge is 2.23. The fraction of sp³-hybridized carbons (Fsp3) is 0.294. The van der Waals surface area contributed by atoms with Crippen molar-refractivity contribution in [1.29, 1.82) is 0 Å². The van der Waals surface area contributed by atoms with Crippen molar-refractivity contribution in [3.63, 3.8) is 0 Å². The molecule has 2 atom stereocenters. The molecule has 0 saturated heterocycles. The van der Waals surface area contributed by atoms with Crippen LogP contribution in [0.5, 0.6) is 0 Å². The molecule has 3 rings (SSSR count). The van der Waals surface area contributed by atoms with Gasteiger partial charge in [0.1, 0.15) is 0 Å². The van der Waals surface area contributed by atoms with Crippen molar-refractivity contribution in [3.05, 3.63) is 69.7 Å². The van der Waals surface area contributed by atoms with Gasteiger partial charge in [-0.05, 0) is 42.5 Å². The molecule has 0 aromatic heterocycles. The van der Waals surface area contributed by atoms with Crippen LogP contribution in [0.2, 0.25) is 0 Å². The third-order valence-electron chi connectivity index (χ3n) is 3.96. The summed E-state index contributed by atoms with van der Waals surface area (Å²) >= 11 is 3.64. The van der Waals surface area contributed by atoms with Crippen LogP contribution in [0.1, 0.15) is 42.1 Å². The Balaban J connectivity index is 1.78. The second-order valence-electron chi connectivity index (χ2n) is 5.20. The molecule has 1 N–H and O–H groups in total. The van der Waals surface area contributed by atoms with Crippen molar-refractivity contribution in [2.45, 2.75) is 31.8 Å². The first-order chi connectivity index (χ1) is 9.25. The molecular formula is C17H18BrN. The Morgan fingerprint density at radius 1 is 1.11 bits per heavy atom. The third kappa shape index (κ3) is 2.60. The minimum atomic E-state index is 0.353. The predicted octanol–water partition coefficient (Wildman–Crippen LogP) is 4.79. The standard InChI is InChI=1S/C17H18BrN/c1-12(14-7-4-5-9-16(14)18)19-17-11-10-13-6-2-3-8-15(13)17/h2-9,12,17,19H,10-11H2,1H3/t12-,17?/m0/s1. The molecule has 0 amide bonds. The van der Waals surface area contributed by atoms with Gasteiger partial charge in [0.05, 0.1) is 0 Å². The number of nitrogens with one attached hydrogen (secondary N) is 1. The number of aryl methyl sites for hydroxylation is 1. The smallest absolute Gasteiger partial charge is 0.0331 e. The van der Waals surface area contributed by atoms with Gasteiger partial charge in [-0.15, -0.1) is 0 Å². The molecule has 1 unspecified atom stereocenters. The van der Waals surface area contributed by atoms with Gasteiger partial charge in [-0.25, -0.2) is 0 Å². The molecule has 0 bridgehead atoms. The Morgan fingerprint density at radius 3 is 2.68 bits per heavy atom. The molecule has 19 heavy (non-hydrogen) atoms. The van der Waals surface area contributed by atoms with Crippen molar-refractivity contribution in [3.8, 4) is 0 Å². The summed E-state index contributed by atoms with van der Waals surface area (Å²) in [6.07, 6.45) is 2.39. The zero-order valence-electron chi connectivity index (χ0n) is 11.1. The molecule has 98 valence electrons. The van der Waals surface area contributed by atoms with Crippen LogP contribution in [0.4, 0.5) is 0 Å². The molecule has 1 nitrogen and oxygen atoms in total. The van der Waals surface area contributed by atoms with Gasteiger partial charge in [0, 0.05) is 16.6 Å². The van der Waals surface area contributed by atoms with E-state index in [0.29, 0.717) is 12.1 Å². The molecule has 0 spiro atoms. The van der Waals surface area contributed by atoms with Crippen molar-refractivity contribution in [1.82, 2.24) is 5.32 Å². The predicted molar refractivity (Wildman–Crippen MR) is 83.2 cm³/mol. The summed E-state index contributed by atoms with van der Waals surface area (Å²) in [5, 5.41) is 3.76. The van der Waals surface area contributed by atoms with Crippen LogP contribution in [-0.2, 0) is 6.42 Å². The minimum Gasteiger partial charge on any atom is -0.303 e. The Hall–Kier alpha value is -1.12. The maximum Gasteiger partial charge on any atom is 0.0331 e. The highest BCUT2D eigenvalue weighted by molar-refractivity contribution is 9.10. The van der Waals surface area contributed by atoms with Crippen LogP contribution >= 0.6 is 15.9 Å². The zero-order chi connectivity index (χ0) is 13.2. The average Bonchev–Trinajstić information content (AvgIpc) is 2.83. The van der Waals surface area contributed by atoms with Crippen molar-refractivity contribution in [2.75, 3.05) is 0 Å². The monoisotopic (exact) mass is 315 g/mol. The van der Waals surface area contributed by atoms with Gasteiger partial charge in [-0.3, -0.25) is 0 Å². The normalized spacial score (nSPS) is 19.2. The second kappa shape index (κ2) is 5.48. The number of fused-ring (bicyclic) bond motifs is 1. The van der Waals surface area contributed by atoms with Gasteiger partial charge in [0.25, 0.3) is 0 Å². The molecule has 0 heterocycles. The van der Waals surface area contributed by atoms with Crippen molar-refractivity contribution < 1.29 is 0 Å². The average molecular weight is 316 g/mol. The van der Waals surface area contributed by atoms with Gasteiger partial charge < -0.3 is 5.32 Å². The van der Waals surface area contributed by atoms with Gasteiger partial charge >= 0.3 is 0 Å². The van der Waals surface area contributed by atoms with E-state index in [9.17, 15) is 0 Å². The molecule has 0 saturated carbocycles. The molecule has 2 aromatic carbocycles. The lowest BCUT2D eigenvalue weighted by Gasteiger charge is -2.21. The van der Waals surface area contributed by atoms with E-state index in [1.807, 2.05) is 0 Å². The quantitative estimate of drug-likeness (QED) is 0.859. The summed E-state index contributed by atoms with van der Waals surface area (Å²) in [5.74, 6) is 0. The summed E-state index contributed by atoms with van der Waals surface area (Å²) in [6, 6.07) is 18.1. The number of rotatable bonds is 3. The van der Waals surface area contributed by atoms with E-state index in [2.05, 4.69) is 76.7 Å². The Bertz CT molecular complexity index is 579. The number of benzene rings is 2. The Kier molecular flexibility index (Phi) is 3.72. The van der Waals surface area contributed by atoms with E-state index in [4.69, 9.17) is 0 Å². The van der Waals surface area contributed by atoms with Gasteiger partial charge in [-0.1, -0.05) is 58.4 Å². The summed E-state index contributed by atoms with van der Waals surface area (Å²) in [5.41, 5.74) is 4.30. The van der Waals surface area contributed by atoms with Gasteiger partial charge in [0.2, 0.25) is 0 Å². The van der Waals surface area contributed by atoms with Crippen molar-refractivity contribution in [2.24, 2.45) is 0 Å². The van der Waals surface area contributed by atoms with Crippen LogP contribution in [0, 0.1) is 0 Å². The lowest BCUT2D eigenvalue weighted by Crippen LogP contribution is -2.23. The first-order valence-electron chi connectivity index (χ1n) is 6.84. The summed E-state index contributed by atoms with van der Waals surface area (Å²) < 4.78 is 1.18. The topological polar surface area (TPSA) is 12.0 Å². The fourth-order valence-corrected chi connectivity index (χ4v) is 3.58. The minimum absolute atomic E-state index is 0.353. The van der Waals surface area contributed by atoms with Crippen LogP contribution in [-0.4, -0.2) is 0 Å². The largest absolute Gasteiger partial charge is 0.303 e. The van der Waals surface area contributed by atoms with E-state index in [-0.39, 0.29) is 0 Å². The molecule has 2 aromatic rings. The van der Waals surface area contributed by atoms with E-state index in [1.165, 1.54) is 34.0 Å². The highest BCUT2D eigenvalue weighted by atomic mass is 79.9. The summed E-state index contributed by atoms with van der Waals surface area (Å²) in [6.45, 7) is 2.24. The SMILES string of the molecule is C[C@H](NC1CCc2ccccc21)c1ccccc1Br. The first kappa shape index (κ1) is 12.9. The molecule has 1 aliphatic rings. The number of hydrogen-bond acceptors (Lipinski definition) is 1. The van der Waals surface area contributed by atoms with E-state index >= 15 is 0 Å². The number of halogens is 1. The second-order valence-corrected chi connectivity index (χ2v) is 6.05. The maximum atomic E-state index is 3.76. The van der Waals surface area contributed by atoms with Gasteiger partial charge in [0.15, 0.2) is 0 Å². The Morgan fingerprint density at radius 2 is 1.84 bits per heavy atom. The van der Waals surface area contributed by atoms with Crippen LogP contribution in [0.25, 0.3) is 0 Å². The molecule has 1 aliphatic carbocycles. The third-order valence-corrected chi connectivity index (χ3v) is 4.68. The fourth-order valence-electron chi connectivity index (χ4n) is 2.95. The van der Waals surface area contributed by atoms with E-state index < -0.39 is 0 Å². The van der Waals surface area contributed by atoms with Crippen LogP contribution < -0.4 is 5.32 Å². The first-order valence-corrected chi connectivity index (χ1v) is 7.63. The highest BCUT2D eigenvalue weighted by Crippen LogP contribution is 2.33. The summed E-state index contributed by atoms with van der Waals surface area (Å²) in [7, 11) is 0. The van der Waals surface area contributed by atoms with E-state index in [0.717, 1.165) is 0 Å². The molecular weight excluding hydrogens is 298 g/mol. The van der Waals surface area contributed by atoms with Crippen LogP contribution in [0.15, 0.2) is 53.0 Å². The maximum absolute atomic E-state index is 3.76. The van der Waals surface area contributed by atoms with Gasteiger partial charge in [-0.2, -0.15) is 0 Å². The van der Waals surface area contributed by atoms with E-state index in [1.54, 1.807) is 0 Å². The van der Waals surface area contributed by atoms with Crippen LogP contribution in [0.3, 0.4) is 0 Å². The molecule has 0 radical (unpaired) electrons. The summed E-state index contributed by atoms with van der Waals surface area (Å²) in [4.78, 5) is 0. The molecule has 2 heteroatoms. The lowest BCUT2D eigenvalue weighted by molar-refractivity contribution is 0.464. The lowest BCUT2D eigenvalue weighted by atomic mass is 10.0. The number of hydrogen-bond donors (Lipinski definition) is 1. The molecule has 0 aliphatic heterocycles.